The quantitative estimate of drug-likeness (QED) is 0.635. The topological polar surface area (TPSA) is 41.9 Å². The number of halogens is 1. The largest absolute Gasteiger partial charge is 0.497 e. The highest BCUT2D eigenvalue weighted by Crippen LogP contribution is 2.25. The lowest BCUT2D eigenvalue weighted by atomic mass is 10.1. The number of aliphatic imine (C=N–C) groups is 1. The Labute approximate surface area is 169 Å². The Hall–Kier alpha value is -1.79. The molecule has 0 bridgehead atoms. The van der Waals surface area contributed by atoms with Crippen molar-refractivity contribution in [3.8, 4) is 5.75 Å². The van der Waals surface area contributed by atoms with Crippen LogP contribution in [0.15, 0.2) is 53.5 Å². The number of ketones is 1. The number of carbonyl (C=O) groups excluding carboxylic acids is 1. The van der Waals surface area contributed by atoms with Crippen LogP contribution in [0.2, 0.25) is 0 Å². The SMILES string of the molecule is Br.COc1ccc(N(CC(=O)c2ccc(C)cc2)C2=NCCCS2)cc1. The van der Waals surface area contributed by atoms with Crippen LogP contribution in [-0.2, 0) is 0 Å². The number of benzene rings is 2. The van der Waals surface area contributed by atoms with Crippen molar-refractivity contribution in [2.24, 2.45) is 4.99 Å². The molecule has 26 heavy (non-hydrogen) atoms. The maximum Gasteiger partial charge on any atom is 0.182 e. The summed E-state index contributed by atoms with van der Waals surface area (Å²) in [6.07, 6.45) is 1.08. The van der Waals surface area contributed by atoms with Crippen LogP contribution < -0.4 is 9.64 Å². The van der Waals surface area contributed by atoms with E-state index in [0.717, 1.165) is 46.4 Å². The molecule has 2 aromatic carbocycles. The van der Waals surface area contributed by atoms with Crippen molar-refractivity contribution in [3.05, 3.63) is 59.7 Å². The highest BCUT2D eigenvalue weighted by Gasteiger charge is 2.20. The predicted octanol–water partition coefficient (Wildman–Crippen LogP) is 4.76. The number of amidine groups is 1. The monoisotopic (exact) mass is 434 g/mol. The van der Waals surface area contributed by atoms with E-state index in [2.05, 4.69) is 4.99 Å². The third kappa shape index (κ3) is 5.11. The lowest BCUT2D eigenvalue weighted by molar-refractivity contribution is 0.100. The van der Waals surface area contributed by atoms with Gasteiger partial charge in [0.2, 0.25) is 0 Å². The van der Waals surface area contributed by atoms with Crippen LogP contribution in [-0.4, -0.2) is 36.9 Å². The van der Waals surface area contributed by atoms with Gasteiger partial charge >= 0.3 is 0 Å². The fourth-order valence-corrected chi connectivity index (χ4v) is 3.58. The minimum atomic E-state index is 0. The average Bonchev–Trinajstić information content (AvgIpc) is 2.67. The van der Waals surface area contributed by atoms with Gasteiger partial charge in [0.25, 0.3) is 0 Å². The molecule has 0 fully saturated rings. The average molecular weight is 435 g/mol. The van der Waals surface area contributed by atoms with Crippen molar-refractivity contribution in [1.82, 2.24) is 0 Å². The van der Waals surface area contributed by atoms with Crippen molar-refractivity contribution in [2.75, 3.05) is 30.9 Å². The van der Waals surface area contributed by atoms with Crippen LogP contribution in [0.25, 0.3) is 0 Å². The molecule has 1 aliphatic rings. The van der Waals surface area contributed by atoms with Gasteiger partial charge in [-0.2, -0.15) is 0 Å². The number of ether oxygens (including phenoxy) is 1. The highest BCUT2D eigenvalue weighted by atomic mass is 79.9. The Morgan fingerprint density at radius 3 is 2.42 bits per heavy atom. The van der Waals surface area contributed by atoms with Crippen LogP contribution >= 0.6 is 28.7 Å². The van der Waals surface area contributed by atoms with Gasteiger partial charge in [0.05, 0.1) is 13.7 Å². The molecule has 0 atom stereocenters. The second-order valence-corrected chi connectivity index (χ2v) is 7.00. The van der Waals surface area contributed by atoms with Gasteiger partial charge in [0.1, 0.15) is 5.75 Å². The van der Waals surface area contributed by atoms with Crippen molar-refractivity contribution >= 4 is 45.4 Å². The van der Waals surface area contributed by atoms with E-state index in [1.54, 1.807) is 18.9 Å². The fourth-order valence-electron chi connectivity index (χ4n) is 2.62. The fraction of sp³-hybridized carbons (Fsp3) is 0.300. The van der Waals surface area contributed by atoms with Crippen molar-refractivity contribution < 1.29 is 9.53 Å². The van der Waals surface area contributed by atoms with E-state index in [-0.39, 0.29) is 29.3 Å². The standard InChI is InChI=1S/C20H22N2O2S.BrH/c1-15-4-6-16(7-5-15)19(23)14-22(20-21-12-3-13-25-20)17-8-10-18(24-2)11-9-17;/h4-11H,3,12-14H2,1-2H3;1H. The molecule has 0 saturated heterocycles. The molecule has 0 unspecified atom stereocenters. The molecule has 3 rings (SSSR count). The number of nitrogens with zero attached hydrogens (tertiary/aromatic N) is 2. The molecule has 4 nitrogen and oxygen atoms in total. The summed E-state index contributed by atoms with van der Waals surface area (Å²) in [5.74, 6) is 1.92. The van der Waals surface area contributed by atoms with Crippen LogP contribution in [0, 0.1) is 6.92 Å². The minimum Gasteiger partial charge on any atom is -0.497 e. The van der Waals surface area contributed by atoms with Gasteiger partial charge in [-0.15, -0.1) is 17.0 Å². The third-order valence-corrected chi connectivity index (χ3v) is 5.17. The predicted molar refractivity (Wildman–Crippen MR) is 116 cm³/mol. The molecule has 138 valence electrons. The summed E-state index contributed by atoms with van der Waals surface area (Å²) >= 11 is 1.71. The molecule has 2 aromatic rings. The first-order valence-electron chi connectivity index (χ1n) is 8.36. The first-order valence-corrected chi connectivity index (χ1v) is 9.34. The van der Waals surface area contributed by atoms with E-state index in [9.17, 15) is 4.79 Å². The van der Waals surface area contributed by atoms with Crippen LogP contribution in [0.1, 0.15) is 22.3 Å². The number of hydrogen-bond acceptors (Lipinski definition) is 5. The van der Waals surface area contributed by atoms with E-state index >= 15 is 0 Å². The Morgan fingerprint density at radius 1 is 1.15 bits per heavy atom. The summed E-state index contributed by atoms with van der Waals surface area (Å²) in [5.41, 5.74) is 2.83. The van der Waals surface area contributed by atoms with Gasteiger partial charge in [-0.25, -0.2) is 0 Å². The normalized spacial score (nSPS) is 13.4. The Morgan fingerprint density at radius 2 is 1.85 bits per heavy atom. The molecule has 0 aromatic heterocycles. The number of rotatable bonds is 5. The number of carbonyl (C=O) groups is 1. The summed E-state index contributed by atoms with van der Waals surface area (Å²) in [5, 5.41) is 0.914. The van der Waals surface area contributed by atoms with Gasteiger partial charge in [-0.3, -0.25) is 9.79 Å². The number of aryl methyl sites for hydroxylation is 1. The van der Waals surface area contributed by atoms with E-state index in [1.165, 1.54) is 0 Å². The lowest BCUT2D eigenvalue weighted by Gasteiger charge is -2.27. The van der Waals surface area contributed by atoms with Gasteiger partial charge in [0, 0.05) is 23.5 Å². The number of anilines is 1. The zero-order valence-corrected chi connectivity index (χ0v) is 17.5. The van der Waals surface area contributed by atoms with Crippen LogP contribution in [0.5, 0.6) is 5.75 Å². The molecule has 0 N–H and O–H groups in total. The second kappa shape index (κ2) is 9.78. The van der Waals surface area contributed by atoms with Gasteiger partial charge in [-0.1, -0.05) is 41.6 Å². The van der Waals surface area contributed by atoms with Crippen molar-refractivity contribution in [3.63, 3.8) is 0 Å². The summed E-state index contributed by atoms with van der Waals surface area (Å²) in [6, 6.07) is 15.5. The van der Waals surface area contributed by atoms with Crippen LogP contribution in [0.3, 0.4) is 0 Å². The maximum atomic E-state index is 12.8. The molecule has 0 spiro atoms. The van der Waals surface area contributed by atoms with E-state index < -0.39 is 0 Å². The third-order valence-electron chi connectivity index (χ3n) is 4.07. The molecule has 0 saturated carbocycles. The molecule has 1 heterocycles. The maximum absolute atomic E-state index is 12.8. The molecule has 0 amide bonds. The van der Waals surface area contributed by atoms with E-state index in [1.807, 2.05) is 60.4 Å². The molecular formula is C20H23BrN2O2S. The number of Topliss-reactive ketones (excluding diaryl/α,β-unsaturated/α-hetero) is 1. The van der Waals surface area contributed by atoms with Gasteiger partial charge in [0.15, 0.2) is 11.0 Å². The van der Waals surface area contributed by atoms with Crippen molar-refractivity contribution in [2.45, 2.75) is 13.3 Å². The van der Waals surface area contributed by atoms with Crippen molar-refractivity contribution in [1.29, 1.82) is 0 Å². The lowest BCUT2D eigenvalue weighted by Crippen LogP contribution is -2.35. The summed E-state index contributed by atoms with van der Waals surface area (Å²) < 4.78 is 5.24. The van der Waals surface area contributed by atoms with E-state index in [4.69, 9.17) is 4.74 Å². The van der Waals surface area contributed by atoms with Gasteiger partial charge < -0.3 is 9.64 Å². The summed E-state index contributed by atoms with van der Waals surface area (Å²) in [4.78, 5) is 19.4. The second-order valence-electron chi connectivity index (χ2n) is 5.94. The number of hydrogen-bond donors (Lipinski definition) is 0. The van der Waals surface area contributed by atoms with Crippen LogP contribution in [0.4, 0.5) is 5.69 Å². The Kier molecular flexibility index (Phi) is 7.72. The highest BCUT2D eigenvalue weighted by molar-refractivity contribution is 8.93. The Balaban J connectivity index is 0.00000243. The molecule has 6 heteroatoms. The molecular weight excluding hydrogens is 412 g/mol. The number of methoxy groups -OCH3 is 1. The minimum absolute atomic E-state index is 0. The molecule has 0 aliphatic carbocycles. The summed E-state index contributed by atoms with van der Waals surface area (Å²) in [7, 11) is 1.65. The molecule has 0 radical (unpaired) electrons. The smallest absolute Gasteiger partial charge is 0.182 e. The molecule has 1 aliphatic heterocycles. The zero-order valence-electron chi connectivity index (χ0n) is 15.0. The first-order chi connectivity index (χ1) is 12.2. The number of thioether (sulfide) groups is 1. The zero-order chi connectivity index (χ0) is 17.6. The Bertz CT molecular complexity index is 760. The summed E-state index contributed by atoms with van der Waals surface area (Å²) in [6.45, 7) is 3.11. The first kappa shape index (κ1) is 20.5. The van der Waals surface area contributed by atoms with Gasteiger partial charge in [-0.05, 0) is 37.6 Å². The van der Waals surface area contributed by atoms with E-state index in [0.29, 0.717) is 0 Å².